The third-order valence-corrected chi connectivity index (χ3v) is 6.15. The lowest BCUT2D eigenvalue weighted by atomic mass is 9.84. The van der Waals surface area contributed by atoms with Gasteiger partial charge in [0.25, 0.3) is 5.56 Å². The standard InChI is InChI=1S/C20H20F3N5OS/c1-12-25-26-18(30-12)16-10-14(13-6-3-2-4-7-13)19(29)28(27-16)11-17-15(20(21,22)23)8-5-9-24-17/h5,8-10,13H,2-4,6-7,11H2,1H3. The Bertz CT molecular complexity index is 1100. The van der Waals surface area contributed by atoms with Crippen LogP contribution >= 0.6 is 11.3 Å². The van der Waals surface area contributed by atoms with Crippen molar-refractivity contribution < 1.29 is 13.2 Å². The number of hydrogen-bond donors (Lipinski definition) is 0. The van der Waals surface area contributed by atoms with Gasteiger partial charge in [0.05, 0.1) is 17.8 Å². The van der Waals surface area contributed by atoms with Crippen LogP contribution in [0.4, 0.5) is 13.2 Å². The smallest absolute Gasteiger partial charge is 0.267 e. The highest BCUT2D eigenvalue weighted by Crippen LogP contribution is 2.33. The molecule has 0 saturated heterocycles. The summed E-state index contributed by atoms with van der Waals surface area (Å²) in [5.41, 5.74) is -0.442. The van der Waals surface area contributed by atoms with Crippen LogP contribution in [0.25, 0.3) is 10.7 Å². The van der Waals surface area contributed by atoms with Crippen molar-refractivity contribution in [3.63, 3.8) is 0 Å². The molecule has 1 aliphatic rings. The van der Waals surface area contributed by atoms with Crippen LogP contribution in [-0.4, -0.2) is 25.0 Å². The zero-order chi connectivity index (χ0) is 21.3. The van der Waals surface area contributed by atoms with Crippen LogP contribution in [0.1, 0.15) is 59.9 Å². The molecule has 10 heteroatoms. The molecule has 0 N–H and O–H groups in total. The molecule has 3 aromatic heterocycles. The molecule has 0 bridgehead atoms. The topological polar surface area (TPSA) is 73.6 Å². The number of aromatic nitrogens is 5. The minimum atomic E-state index is -4.56. The molecule has 0 radical (unpaired) electrons. The van der Waals surface area contributed by atoms with E-state index in [1.54, 1.807) is 6.07 Å². The Hall–Kier alpha value is -2.62. The summed E-state index contributed by atoms with van der Waals surface area (Å²) in [7, 11) is 0. The molecule has 1 saturated carbocycles. The molecule has 0 atom stereocenters. The van der Waals surface area contributed by atoms with Gasteiger partial charge in [-0.1, -0.05) is 30.6 Å². The zero-order valence-electron chi connectivity index (χ0n) is 16.3. The van der Waals surface area contributed by atoms with E-state index in [9.17, 15) is 18.0 Å². The first-order valence-electron chi connectivity index (χ1n) is 9.76. The van der Waals surface area contributed by atoms with Crippen molar-refractivity contribution in [2.24, 2.45) is 0 Å². The lowest BCUT2D eigenvalue weighted by Gasteiger charge is -2.22. The van der Waals surface area contributed by atoms with Crippen LogP contribution in [0.5, 0.6) is 0 Å². The number of nitrogens with zero attached hydrogens (tertiary/aromatic N) is 5. The number of pyridine rings is 1. The predicted octanol–water partition coefficient (Wildman–Crippen LogP) is 4.58. The van der Waals surface area contributed by atoms with Crippen molar-refractivity contribution in [2.45, 2.75) is 57.7 Å². The first-order valence-corrected chi connectivity index (χ1v) is 10.6. The van der Waals surface area contributed by atoms with Crippen molar-refractivity contribution in [3.8, 4) is 10.7 Å². The van der Waals surface area contributed by atoms with Gasteiger partial charge in [0, 0.05) is 11.8 Å². The van der Waals surface area contributed by atoms with Crippen molar-refractivity contribution >= 4 is 11.3 Å². The van der Waals surface area contributed by atoms with E-state index < -0.39 is 11.7 Å². The quantitative estimate of drug-likeness (QED) is 0.600. The van der Waals surface area contributed by atoms with E-state index in [4.69, 9.17) is 0 Å². The number of halogens is 3. The third-order valence-electron chi connectivity index (χ3n) is 5.29. The Morgan fingerprint density at radius 1 is 1.20 bits per heavy atom. The Labute approximate surface area is 174 Å². The van der Waals surface area contributed by atoms with Crippen molar-refractivity contribution in [2.75, 3.05) is 0 Å². The Balaban J connectivity index is 1.82. The van der Waals surface area contributed by atoms with Crippen LogP contribution in [0.15, 0.2) is 29.2 Å². The number of aryl methyl sites for hydroxylation is 1. The molecule has 0 unspecified atom stereocenters. The highest BCUT2D eigenvalue weighted by molar-refractivity contribution is 7.14. The van der Waals surface area contributed by atoms with E-state index in [-0.39, 0.29) is 23.7 Å². The van der Waals surface area contributed by atoms with Crippen LogP contribution in [-0.2, 0) is 12.7 Å². The molecule has 0 amide bonds. The largest absolute Gasteiger partial charge is 0.418 e. The summed E-state index contributed by atoms with van der Waals surface area (Å²) in [4.78, 5) is 17.1. The van der Waals surface area contributed by atoms with E-state index in [0.717, 1.165) is 47.9 Å². The fourth-order valence-electron chi connectivity index (χ4n) is 3.84. The summed E-state index contributed by atoms with van der Waals surface area (Å²) in [5.74, 6) is 0.0686. The summed E-state index contributed by atoms with van der Waals surface area (Å²) in [6.45, 7) is 1.45. The van der Waals surface area contributed by atoms with Crippen molar-refractivity contribution in [1.82, 2.24) is 25.0 Å². The number of alkyl halides is 3. The average Bonchev–Trinajstić information content (AvgIpc) is 3.16. The molecule has 0 aromatic carbocycles. The molecule has 0 aliphatic heterocycles. The van der Waals surface area contributed by atoms with Crippen molar-refractivity contribution in [1.29, 1.82) is 0 Å². The SMILES string of the molecule is Cc1nnc(-c2cc(C3CCCCC3)c(=O)n(Cc3ncccc3C(F)(F)F)n2)s1. The second kappa shape index (κ2) is 8.25. The monoisotopic (exact) mass is 435 g/mol. The van der Waals surface area contributed by atoms with Gasteiger partial charge in [0.2, 0.25) is 0 Å². The molecule has 30 heavy (non-hydrogen) atoms. The van der Waals surface area contributed by atoms with E-state index >= 15 is 0 Å². The summed E-state index contributed by atoms with van der Waals surface area (Å²) in [6, 6.07) is 3.93. The van der Waals surface area contributed by atoms with Gasteiger partial charge in [-0.05, 0) is 43.9 Å². The van der Waals surface area contributed by atoms with Crippen LogP contribution in [0, 0.1) is 6.92 Å². The van der Waals surface area contributed by atoms with Crippen molar-refractivity contribution in [3.05, 3.63) is 56.6 Å². The normalized spacial score (nSPS) is 15.5. The highest BCUT2D eigenvalue weighted by atomic mass is 32.1. The fourth-order valence-corrected chi connectivity index (χ4v) is 4.49. The fraction of sp³-hybridized carbons (Fsp3) is 0.450. The zero-order valence-corrected chi connectivity index (χ0v) is 17.1. The molecule has 0 spiro atoms. The summed E-state index contributed by atoms with van der Waals surface area (Å²) in [5, 5.41) is 13.7. The maximum atomic E-state index is 13.4. The molecule has 158 valence electrons. The maximum Gasteiger partial charge on any atom is 0.418 e. The molecule has 3 heterocycles. The van der Waals surface area contributed by atoms with E-state index in [1.165, 1.54) is 23.6 Å². The lowest BCUT2D eigenvalue weighted by molar-refractivity contribution is -0.138. The molecule has 3 aromatic rings. The van der Waals surface area contributed by atoms with E-state index in [2.05, 4.69) is 20.3 Å². The van der Waals surface area contributed by atoms with E-state index in [0.29, 0.717) is 16.3 Å². The summed E-state index contributed by atoms with van der Waals surface area (Å²) in [6.07, 6.45) is 1.66. The second-order valence-electron chi connectivity index (χ2n) is 7.40. The number of rotatable bonds is 4. The van der Waals surface area contributed by atoms with Gasteiger partial charge in [-0.3, -0.25) is 9.78 Å². The molecule has 1 aliphatic carbocycles. The van der Waals surface area contributed by atoms with Crippen LogP contribution in [0.3, 0.4) is 0 Å². The minimum absolute atomic E-state index is 0.0686. The van der Waals surface area contributed by atoms with Gasteiger partial charge in [0.1, 0.15) is 10.7 Å². The molecular weight excluding hydrogens is 415 g/mol. The first kappa shape index (κ1) is 20.6. The Morgan fingerprint density at radius 3 is 2.63 bits per heavy atom. The van der Waals surface area contributed by atoms with Gasteiger partial charge >= 0.3 is 6.18 Å². The lowest BCUT2D eigenvalue weighted by Crippen LogP contribution is -2.30. The molecular formula is C20H20F3N5OS. The molecule has 4 rings (SSSR count). The van der Waals surface area contributed by atoms with Gasteiger partial charge < -0.3 is 0 Å². The Morgan fingerprint density at radius 2 is 1.97 bits per heavy atom. The van der Waals surface area contributed by atoms with Gasteiger partial charge in [-0.15, -0.1) is 10.2 Å². The van der Waals surface area contributed by atoms with Gasteiger partial charge in [0.15, 0.2) is 5.01 Å². The second-order valence-corrected chi connectivity index (χ2v) is 8.59. The molecule has 1 fully saturated rings. The van der Waals surface area contributed by atoms with Gasteiger partial charge in [-0.25, -0.2) is 4.68 Å². The number of hydrogen-bond acceptors (Lipinski definition) is 6. The average molecular weight is 435 g/mol. The third kappa shape index (κ3) is 4.28. The predicted molar refractivity (Wildman–Crippen MR) is 106 cm³/mol. The van der Waals surface area contributed by atoms with E-state index in [1.807, 2.05) is 6.92 Å². The highest BCUT2D eigenvalue weighted by Gasteiger charge is 2.34. The summed E-state index contributed by atoms with van der Waals surface area (Å²) >= 11 is 1.33. The summed E-state index contributed by atoms with van der Waals surface area (Å²) < 4.78 is 41.3. The Kier molecular flexibility index (Phi) is 5.68. The first-order chi connectivity index (χ1) is 14.3. The molecule has 6 nitrogen and oxygen atoms in total. The van der Waals surface area contributed by atoms with Crippen LogP contribution < -0.4 is 5.56 Å². The van der Waals surface area contributed by atoms with Crippen LogP contribution in [0.2, 0.25) is 0 Å². The minimum Gasteiger partial charge on any atom is -0.267 e. The van der Waals surface area contributed by atoms with Gasteiger partial charge in [-0.2, -0.15) is 18.3 Å². The maximum absolute atomic E-state index is 13.4.